The predicted octanol–water partition coefficient (Wildman–Crippen LogP) is 2.87. The Morgan fingerprint density at radius 2 is 2.13 bits per heavy atom. The van der Waals surface area contributed by atoms with Gasteiger partial charge in [0.25, 0.3) is 0 Å². The molecule has 3 heterocycles. The lowest BCUT2D eigenvalue weighted by molar-refractivity contribution is -0.131. The molecule has 0 fully saturated rings. The van der Waals surface area contributed by atoms with E-state index < -0.39 is 0 Å². The molecule has 4 nitrogen and oxygen atoms in total. The Labute approximate surface area is 140 Å². The van der Waals surface area contributed by atoms with Crippen LogP contribution >= 0.6 is 11.3 Å². The minimum Gasteiger partial charge on any atom is -0.371 e. The number of thiazole rings is 1. The topological polar surface area (TPSA) is 36.4 Å². The molecule has 0 saturated heterocycles. The molecule has 1 aromatic heterocycles. The van der Waals surface area contributed by atoms with E-state index in [1.54, 1.807) is 11.3 Å². The number of para-hydroxylation sites is 1. The molecular weight excluding hydrogens is 306 g/mol. The quantitative estimate of drug-likeness (QED) is 0.870. The third kappa shape index (κ3) is 2.98. The molecular formula is C18H21N3OS. The first-order valence-corrected chi connectivity index (χ1v) is 9.21. The van der Waals surface area contributed by atoms with Crippen molar-refractivity contribution in [3.8, 4) is 0 Å². The first-order valence-electron chi connectivity index (χ1n) is 8.33. The van der Waals surface area contributed by atoms with Crippen LogP contribution in [0, 0.1) is 0 Å². The highest BCUT2D eigenvalue weighted by Crippen LogP contribution is 2.27. The summed E-state index contributed by atoms with van der Waals surface area (Å²) in [6, 6.07) is 8.59. The Balaban J connectivity index is 1.38. The number of carbonyl (C=O) groups excluding carboxylic acids is 1. The van der Waals surface area contributed by atoms with Gasteiger partial charge in [-0.25, -0.2) is 4.98 Å². The fraction of sp³-hybridized carbons (Fsp3) is 0.444. The Kier molecular flexibility index (Phi) is 4.04. The number of amides is 1. The van der Waals surface area contributed by atoms with Crippen molar-refractivity contribution in [3.63, 3.8) is 0 Å². The lowest BCUT2D eigenvalue weighted by atomic mass is 10.0. The fourth-order valence-corrected chi connectivity index (χ4v) is 4.39. The Hall–Kier alpha value is -1.88. The Morgan fingerprint density at radius 1 is 1.22 bits per heavy atom. The van der Waals surface area contributed by atoms with E-state index in [0.717, 1.165) is 39.0 Å². The highest BCUT2D eigenvalue weighted by Gasteiger charge is 2.23. The Bertz CT molecular complexity index is 712. The summed E-state index contributed by atoms with van der Waals surface area (Å²) in [5, 5.41) is 0. The van der Waals surface area contributed by atoms with Gasteiger partial charge in [0.15, 0.2) is 0 Å². The highest BCUT2D eigenvalue weighted by atomic mass is 32.1. The molecule has 2 aliphatic heterocycles. The maximum atomic E-state index is 12.6. The van der Waals surface area contributed by atoms with Gasteiger partial charge in [0.05, 0.1) is 17.7 Å². The summed E-state index contributed by atoms with van der Waals surface area (Å²) < 4.78 is 0. The normalized spacial score (nSPS) is 16.9. The highest BCUT2D eigenvalue weighted by molar-refractivity contribution is 7.09. The van der Waals surface area contributed by atoms with Crippen LogP contribution in [0.15, 0.2) is 29.8 Å². The van der Waals surface area contributed by atoms with Gasteiger partial charge < -0.3 is 9.80 Å². The summed E-state index contributed by atoms with van der Waals surface area (Å²) in [5.41, 5.74) is 5.81. The molecule has 2 aliphatic rings. The third-order valence-electron chi connectivity index (χ3n) is 4.83. The number of nitrogens with zero attached hydrogens (tertiary/aromatic N) is 3. The van der Waals surface area contributed by atoms with E-state index in [1.165, 1.54) is 28.2 Å². The van der Waals surface area contributed by atoms with E-state index in [2.05, 4.69) is 34.1 Å². The molecule has 0 saturated carbocycles. The molecule has 0 radical (unpaired) electrons. The number of hydrogen-bond donors (Lipinski definition) is 0. The summed E-state index contributed by atoms with van der Waals surface area (Å²) >= 11 is 1.67. The van der Waals surface area contributed by atoms with Gasteiger partial charge in [-0.05, 0) is 24.5 Å². The van der Waals surface area contributed by atoms with Crippen molar-refractivity contribution < 1.29 is 4.79 Å². The lowest BCUT2D eigenvalue weighted by Crippen LogP contribution is -2.38. The summed E-state index contributed by atoms with van der Waals surface area (Å²) in [6.45, 7) is 3.44. The summed E-state index contributed by atoms with van der Waals surface area (Å²) in [4.78, 5) is 22.6. The zero-order valence-corrected chi connectivity index (χ0v) is 14.0. The van der Waals surface area contributed by atoms with Crippen LogP contribution < -0.4 is 4.90 Å². The second-order valence-corrected chi connectivity index (χ2v) is 7.20. The minimum atomic E-state index is 0.270. The molecule has 120 valence electrons. The molecule has 23 heavy (non-hydrogen) atoms. The van der Waals surface area contributed by atoms with Crippen LogP contribution in [0.5, 0.6) is 0 Å². The number of hydrogen-bond acceptors (Lipinski definition) is 4. The summed E-state index contributed by atoms with van der Waals surface area (Å²) in [5.74, 6) is 0.270. The smallest absolute Gasteiger partial charge is 0.224 e. The van der Waals surface area contributed by atoms with Gasteiger partial charge in [0.2, 0.25) is 5.91 Å². The van der Waals surface area contributed by atoms with E-state index in [4.69, 9.17) is 0 Å². The fourth-order valence-electron chi connectivity index (χ4n) is 3.56. The molecule has 2 aromatic rings. The van der Waals surface area contributed by atoms with Gasteiger partial charge in [0.1, 0.15) is 0 Å². The van der Waals surface area contributed by atoms with Gasteiger partial charge in [0, 0.05) is 43.0 Å². The zero-order chi connectivity index (χ0) is 15.6. The lowest BCUT2D eigenvalue weighted by Gasteiger charge is -2.32. The summed E-state index contributed by atoms with van der Waals surface area (Å²) in [6.07, 6.45) is 3.83. The van der Waals surface area contributed by atoms with Crippen molar-refractivity contribution in [2.45, 2.75) is 32.2 Å². The van der Waals surface area contributed by atoms with E-state index in [1.807, 2.05) is 10.4 Å². The first kappa shape index (κ1) is 14.7. The number of carbonyl (C=O) groups is 1. The molecule has 0 spiro atoms. The maximum absolute atomic E-state index is 12.6. The molecule has 5 heteroatoms. The standard InChI is InChI=1S/C18H21N3OS/c22-18(21-10-7-15-17(12-21)23-13-19-15)8-11-20-9-3-5-14-4-1-2-6-16(14)20/h1-2,4,6,13H,3,5,7-12H2. The van der Waals surface area contributed by atoms with Gasteiger partial charge in [-0.3, -0.25) is 4.79 Å². The van der Waals surface area contributed by atoms with Gasteiger partial charge in [-0.2, -0.15) is 0 Å². The number of anilines is 1. The number of fused-ring (bicyclic) bond motifs is 2. The van der Waals surface area contributed by atoms with Gasteiger partial charge in [-0.1, -0.05) is 18.2 Å². The average molecular weight is 327 g/mol. The molecule has 0 N–H and O–H groups in total. The number of aryl methyl sites for hydroxylation is 1. The average Bonchev–Trinajstić information content (AvgIpc) is 3.07. The molecule has 0 aliphatic carbocycles. The van der Waals surface area contributed by atoms with Gasteiger partial charge >= 0.3 is 0 Å². The molecule has 0 unspecified atom stereocenters. The van der Waals surface area contributed by atoms with Crippen LogP contribution in [0.25, 0.3) is 0 Å². The first-order chi connectivity index (χ1) is 11.3. The SMILES string of the molecule is O=C(CCN1CCCc2ccccc21)N1CCc2ncsc2C1. The molecule has 0 bridgehead atoms. The van der Waals surface area contributed by atoms with Crippen LogP contribution in [-0.4, -0.2) is 35.4 Å². The third-order valence-corrected chi connectivity index (χ3v) is 5.69. The van der Waals surface area contributed by atoms with Crippen LogP contribution in [0.1, 0.15) is 29.0 Å². The van der Waals surface area contributed by atoms with Crippen LogP contribution in [0.4, 0.5) is 5.69 Å². The zero-order valence-electron chi connectivity index (χ0n) is 13.2. The van der Waals surface area contributed by atoms with E-state index >= 15 is 0 Å². The molecule has 1 amide bonds. The van der Waals surface area contributed by atoms with Crippen LogP contribution in [0.3, 0.4) is 0 Å². The van der Waals surface area contributed by atoms with Crippen LogP contribution in [-0.2, 0) is 24.2 Å². The van der Waals surface area contributed by atoms with Crippen LogP contribution in [0.2, 0.25) is 0 Å². The largest absolute Gasteiger partial charge is 0.371 e. The van der Waals surface area contributed by atoms with Crippen molar-refractivity contribution in [2.75, 3.05) is 24.5 Å². The maximum Gasteiger partial charge on any atom is 0.224 e. The number of rotatable bonds is 3. The van der Waals surface area contributed by atoms with E-state index in [9.17, 15) is 4.79 Å². The van der Waals surface area contributed by atoms with E-state index in [0.29, 0.717) is 6.42 Å². The minimum absolute atomic E-state index is 0.270. The second kappa shape index (κ2) is 6.32. The van der Waals surface area contributed by atoms with Crippen molar-refractivity contribution >= 4 is 22.9 Å². The molecule has 1 aromatic carbocycles. The monoisotopic (exact) mass is 327 g/mol. The molecule has 0 atom stereocenters. The van der Waals surface area contributed by atoms with Gasteiger partial charge in [-0.15, -0.1) is 11.3 Å². The van der Waals surface area contributed by atoms with E-state index in [-0.39, 0.29) is 5.91 Å². The van der Waals surface area contributed by atoms with Crippen molar-refractivity contribution in [1.29, 1.82) is 0 Å². The Morgan fingerprint density at radius 3 is 3.09 bits per heavy atom. The van der Waals surface area contributed by atoms with Crippen molar-refractivity contribution in [1.82, 2.24) is 9.88 Å². The number of benzene rings is 1. The number of aromatic nitrogens is 1. The predicted molar refractivity (Wildman–Crippen MR) is 92.8 cm³/mol. The molecule has 4 rings (SSSR count). The second-order valence-electron chi connectivity index (χ2n) is 6.26. The van der Waals surface area contributed by atoms with Crippen molar-refractivity contribution in [2.24, 2.45) is 0 Å². The summed E-state index contributed by atoms with van der Waals surface area (Å²) in [7, 11) is 0. The van der Waals surface area contributed by atoms with Crippen molar-refractivity contribution in [3.05, 3.63) is 45.9 Å².